The van der Waals surface area contributed by atoms with Crippen LogP contribution < -0.4 is 19.6 Å². The summed E-state index contributed by atoms with van der Waals surface area (Å²) in [5, 5.41) is 7.07. The van der Waals surface area contributed by atoms with Gasteiger partial charge >= 0.3 is 0 Å². The quantitative estimate of drug-likeness (QED) is 0.471. The first-order valence-electron chi connectivity index (χ1n) is 7.76. The van der Waals surface area contributed by atoms with Gasteiger partial charge in [-0.3, -0.25) is 5.43 Å². The van der Waals surface area contributed by atoms with Crippen LogP contribution in [0.3, 0.4) is 0 Å². The maximum absolute atomic E-state index is 5.35. The Morgan fingerprint density at radius 1 is 1.12 bits per heavy atom. The number of hydrazone groups is 1. The average Bonchev–Trinajstić information content (AvgIpc) is 3.30. The molecular weight excluding hydrogens is 370 g/mol. The van der Waals surface area contributed by atoms with Gasteiger partial charge in [-0.1, -0.05) is 6.07 Å². The van der Waals surface area contributed by atoms with Crippen molar-refractivity contribution in [3.05, 3.63) is 40.1 Å². The van der Waals surface area contributed by atoms with Gasteiger partial charge in [-0.15, -0.1) is 22.7 Å². The third-order valence-corrected chi connectivity index (χ3v) is 5.36. The molecule has 6 nitrogen and oxygen atoms in total. The molecule has 1 aromatic carbocycles. The van der Waals surface area contributed by atoms with Crippen molar-refractivity contribution in [2.24, 2.45) is 5.10 Å². The van der Waals surface area contributed by atoms with E-state index in [1.165, 1.54) is 0 Å². The Balaban J connectivity index is 1.78. The van der Waals surface area contributed by atoms with E-state index in [0.717, 1.165) is 26.1 Å². The fourth-order valence-corrected chi connectivity index (χ4v) is 4.04. The standard InChI is InChI=1S/C18H19N3O3S2/c1-11-16(15-6-5-7-25-15)20-18(26-11)21-19-10-12-8-13(22-2)17(24-4)14(9-12)23-3/h5-10H,1-4H3,(H,20,21)/b19-10-. The number of aryl methyl sites for hydroxylation is 1. The van der Waals surface area contributed by atoms with Crippen LogP contribution in [0.15, 0.2) is 34.7 Å². The molecule has 0 unspecified atom stereocenters. The van der Waals surface area contributed by atoms with Crippen molar-refractivity contribution >= 4 is 34.0 Å². The van der Waals surface area contributed by atoms with Gasteiger partial charge in [-0.05, 0) is 30.5 Å². The molecule has 2 aromatic heterocycles. The molecule has 1 N–H and O–H groups in total. The molecule has 0 saturated carbocycles. The smallest absolute Gasteiger partial charge is 0.204 e. The Hall–Kier alpha value is -2.58. The maximum atomic E-state index is 5.35. The zero-order chi connectivity index (χ0) is 18.5. The molecule has 0 amide bonds. The van der Waals surface area contributed by atoms with Crippen molar-refractivity contribution < 1.29 is 14.2 Å². The number of nitrogens with zero attached hydrogens (tertiary/aromatic N) is 2. The largest absolute Gasteiger partial charge is 0.493 e. The van der Waals surface area contributed by atoms with Gasteiger partial charge < -0.3 is 14.2 Å². The van der Waals surface area contributed by atoms with Crippen molar-refractivity contribution in [2.75, 3.05) is 26.8 Å². The molecule has 3 rings (SSSR count). The first-order valence-corrected chi connectivity index (χ1v) is 9.46. The minimum atomic E-state index is 0.552. The number of rotatable bonds is 7. The molecule has 0 aliphatic heterocycles. The van der Waals surface area contributed by atoms with Crippen molar-refractivity contribution in [3.8, 4) is 27.8 Å². The zero-order valence-corrected chi connectivity index (χ0v) is 16.5. The minimum Gasteiger partial charge on any atom is -0.493 e. The molecule has 0 bridgehead atoms. The number of anilines is 1. The van der Waals surface area contributed by atoms with Gasteiger partial charge in [0.1, 0.15) is 0 Å². The van der Waals surface area contributed by atoms with E-state index in [1.807, 2.05) is 23.6 Å². The maximum Gasteiger partial charge on any atom is 0.204 e. The number of hydrogen-bond acceptors (Lipinski definition) is 8. The number of benzene rings is 1. The molecule has 2 heterocycles. The number of aromatic nitrogens is 1. The molecule has 0 radical (unpaired) electrons. The SMILES string of the molecule is COc1cc(/C=N\Nc2nc(-c3cccs3)c(C)s2)cc(OC)c1OC. The number of hydrogen-bond donors (Lipinski definition) is 1. The summed E-state index contributed by atoms with van der Waals surface area (Å²) in [6.45, 7) is 2.06. The second-order valence-corrected chi connectivity index (χ2v) is 7.38. The third kappa shape index (κ3) is 3.81. The first-order chi connectivity index (χ1) is 12.7. The number of thiophene rings is 1. The summed E-state index contributed by atoms with van der Waals surface area (Å²) in [6, 6.07) is 7.75. The molecular formula is C18H19N3O3S2. The van der Waals surface area contributed by atoms with Gasteiger partial charge in [0.25, 0.3) is 0 Å². The normalized spacial score (nSPS) is 10.9. The molecule has 26 heavy (non-hydrogen) atoms. The summed E-state index contributed by atoms with van der Waals surface area (Å²) >= 11 is 3.24. The molecule has 8 heteroatoms. The van der Waals surface area contributed by atoms with E-state index in [1.54, 1.807) is 50.2 Å². The summed E-state index contributed by atoms with van der Waals surface area (Å²) < 4.78 is 16.0. The number of ether oxygens (including phenoxy) is 3. The van der Waals surface area contributed by atoms with Gasteiger partial charge in [-0.25, -0.2) is 4.98 Å². The summed E-state index contributed by atoms with van der Waals surface area (Å²) in [6.07, 6.45) is 1.69. The number of thiazole rings is 1. The highest BCUT2D eigenvalue weighted by atomic mass is 32.1. The molecule has 0 aliphatic rings. The van der Waals surface area contributed by atoms with Gasteiger partial charge in [0.05, 0.1) is 38.1 Å². The van der Waals surface area contributed by atoms with Crippen LogP contribution >= 0.6 is 22.7 Å². The molecule has 0 atom stereocenters. The van der Waals surface area contributed by atoms with Crippen molar-refractivity contribution in [1.82, 2.24) is 4.98 Å². The van der Waals surface area contributed by atoms with Crippen molar-refractivity contribution in [3.63, 3.8) is 0 Å². The molecule has 0 saturated heterocycles. The average molecular weight is 390 g/mol. The van der Waals surface area contributed by atoms with Gasteiger partial charge in [-0.2, -0.15) is 5.10 Å². The lowest BCUT2D eigenvalue weighted by atomic mass is 10.2. The predicted octanol–water partition coefficient (Wildman–Crippen LogP) is 4.65. The number of methoxy groups -OCH3 is 3. The van der Waals surface area contributed by atoms with E-state index >= 15 is 0 Å². The van der Waals surface area contributed by atoms with E-state index in [4.69, 9.17) is 14.2 Å². The summed E-state index contributed by atoms with van der Waals surface area (Å²) in [5.41, 5.74) is 4.80. The molecule has 0 fully saturated rings. The summed E-state index contributed by atoms with van der Waals surface area (Å²) in [7, 11) is 4.74. The van der Waals surface area contributed by atoms with Gasteiger partial charge in [0.15, 0.2) is 11.5 Å². The Kier molecular flexibility index (Phi) is 5.75. The van der Waals surface area contributed by atoms with Crippen LogP contribution in [0.5, 0.6) is 17.2 Å². The Morgan fingerprint density at radius 2 is 1.85 bits per heavy atom. The second kappa shape index (κ2) is 8.20. The van der Waals surface area contributed by atoms with Crippen LogP contribution in [-0.2, 0) is 0 Å². The molecule has 0 spiro atoms. The number of nitrogens with one attached hydrogen (secondary N) is 1. The van der Waals surface area contributed by atoms with E-state index in [2.05, 4.69) is 28.5 Å². The fraction of sp³-hybridized carbons (Fsp3) is 0.222. The Bertz CT molecular complexity index is 880. The van der Waals surface area contributed by atoms with E-state index in [0.29, 0.717) is 17.2 Å². The lowest BCUT2D eigenvalue weighted by molar-refractivity contribution is 0.324. The Morgan fingerprint density at radius 3 is 2.42 bits per heavy atom. The van der Waals surface area contributed by atoms with Crippen LogP contribution in [0, 0.1) is 6.92 Å². The minimum absolute atomic E-state index is 0.552. The van der Waals surface area contributed by atoms with Crippen LogP contribution in [0.25, 0.3) is 10.6 Å². The topological polar surface area (TPSA) is 65.0 Å². The van der Waals surface area contributed by atoms with E-state index < -0.39 is 0 Å². The summed E-state index contributed by atoms with van der Waals surface area (Å²) in [4.78, 5) is 6.92. The van der Waals surface area contributed by atoms with Crippen LogP contribution in [0.4, 0.5) is 5.13 Å². The van der Waals surface area contributed by atoms with Crippen LogP contribution in [-0.4, -0.2) is 32.5 Å². The second-order valence-electron chi connectivity index (χ2n) is 5.23. The predicted molar refractivity (Wildman–Crippen MR) is 107 cm³/mol. The monoisotopic (exact) mass is 389 g/mol. The molecule has 0 aliphatic carbocycles. The zero-order valence-electron chi connectivity index (χ0n) is 14.9. The van der Waals surface area contributed by atoms with E-state index in [9.17, 15) is 0 Å². The van der Waals surface area contributed by atoms with Crippen molar-refractivity contribution in [2.45, 2.75) is 6.92 Å². The summed E-state index contributed by atoms with van der Waals surface area (Å²) in [5.74, 6) is 1.72. The molecule has 3 aromatic rings. The first kappa shape index (κ1) is 18.2. The van der Waals surface area contributed by atoms with Gasteiger partial charge in [0, 0.05) is 10.4 Å². The van der Waals surface area contributed by atoms with E-state index in [-0.39, 0.29) is 0 Å². The Labute approximate surface area is 160 Å². The molecule has 136 valence electrons. The highest BCUT2D eigenvalue weighted by Crippen LogP contribution is 2.38. The lowest BCUT2D eigenvalue weighted by Gasteiger charge is -2.12. The highest BCUT2D eigenvalue weighted by Gasteiger charge is 2.13. The van der Waals surface area contributed by atoms with Gasteiger partial charge in [0.2, 0.25) is 10.9 Å². The third-order valence-electron chi connectivity index (χ3n) is 3.61. The van der Waals surface area contributed by atoms with Crippen LogP contribution in [0.2, 0.25) is 0 Å². The highest BCUT2D eigenvalue weighted by molar-refractivity contribution is 7.17. The van der Waals surface area contributed by atoms with Crippen molar-refractivity contribution in [1.29, 1.82) is 0 Å². The lowest BCUT2D eigenvalue weighted by Crippen LogP contribution is -1.97. The fourth-order valence-electron chi connectivity index (χ4n) is 2.42. The van der Waals surface area contributed by atoms with Crippen LogP contribution in [0.1, 0.15) is 10.4 Å².